The van der Waals surface area contributed by atoms with Crippen LogP contribution in [0.1, 0.15) is 20.3 Å². The highest BCUT2D eigenvalue weighted by atomic mass is 32.2. The zero-order valence-corrected chi connectivity index (χ0v) is 14.9. The minimum Gasteiger partial charge on any atom is -0.338 e. The number of carbonyl (C=O) groups excluding carboxylic acids is 2. The van der Waals surface area contributed by atoms with Gasteiger partial charge in [-0.3, -0.25) is 14.5 Å². The monoisotopic (exact) mass is 330 g/mol. The van der Waals surface area contributed by atoms with Crippen molar-refractivity contribution in [2.45, 2.75) is 26.3 Å². The van der Waals surface area contributed by atoms with Crippen molar-refractivity contribution in [2.24, 2.45) is 5.73 Å². The predicted molar refractivity (Wildman–Crippen MR) is 91.9 cm³/mol. The van der Waals surface area contributed by atoms with Gasteiger partial charge in [-0.05, 0) is 31.5 Å². The number of hydrogen-bond acceptors (Lipinski definition) is 5. The van der Waals surface area contributed by atoms with Gasteiger partial charge >= 0.3 is 0 Å². The van der Waals surface area contributed by atoms with Gasteiger partial charge in [-0.15, -0.1) is 0 Å². The summed E-state index contributed by atoms with van der Waals surface area (Å²) in [5.74, 6) is 1.07. The van der Waals surface area contributed by atoms with Crippen LogP contribution < -0.4 is 5.73 Å². The van der Waals surface area contributed by atoms with Crippen LogP contribution in [-0.2, 0) is 9.59 Å². The van der Waals surface area contributed by atoms with Crippen molar-refractivity contribution in [3.8, 4) is 0 Å². The van der Waals surface area contributed by atoms with Crippen LogP contribution in [0.25, 0.3) is 0 Å². The second kappa shape index (κ2) is 10.1. The molecule has 1 aliphatic rings. The maximum absolute atomic E-state index is 12.2. The standard InChI is InChI=1S/C15H30N4O2S/c1-4-17(5-2)12-14(20)18-7-9-19(10-8-18)15(21)13(16)6-11-22-3/h13H,4-12,16H2,1-3H3/t13-/m0/s1. The lowest BCUT2D eigenvalue weighted by atomic mass is 10.2. The molecule has 2 amide bonds. The van der Waals surface area contributed by atoms with E-state index in [1.807, 2.05) is 11.2 Å². The Hall–Kier alpha value is -0.790. The summed E-state index contributed by atoms with van der Waals surface area (Å²) >= 11 is 1.70. The Bertz CT molecular complexity index is 355. The van der Waals surface area contributed by atoms with Gasteiger partial charge in [0.2, 0.25) is 11.8 Å². The van der Waals surface area contributed by atoms with E-state index in [0.29, 0.717) is 39.1 Å². The molecule has 0 radical (unpaired) electrons. The van der Waals surface area contributed by atoms with Crippen molar-refractivity contribution >= 4 is 23.6 Å². The maximum atomic E-state index is 12.2. The fraction of sp³-hybridized carbons (Fsp3) is 0.867. The van der Waals surface area contributed by atoms with Crippen LogP contribution in [0.5, 0.6) is 0 Å². The minimum absolute atomic E-state index is 0.0184. The summed E-state index contributed by atoms with van der Waals surface area (Å²) < 4.78 is 0. The van der Waals surface area contributed by atoms with E-state index in [-0.39, 0.29) is 11.8 Å². The molecule has 0 aromatic carbocycles. The summed E-state index contributed by atoms with van der Waals surface area (Å²) in [5, 5.41) is 0. The number of piperazine rings is 1. The zero-order valence-electron chi connectivity index (χ0n) is 14.1. The van der Waals surface area contributed by atoms with Gasteiger partial charge in [-0.25, -0.2) is 0 Å². The lowest BCUT2D eigenvalue weighted by molar-refractivity contribution is -0.140. The molecule has 6 nitrogen and oxygen atoms in total. The molecule has 1 heterocycles. The van der Waals surface area contributed by atoms with Crippen LogP contribution in [0, 0.1) is 0 Å². The second-order valence-electron chi connectivity index (χ2n) is 5.56. The third kappa shape index (κ3) is 5.78. The van der Waals surface area contributed by atoms with Crippen molar-refractivity contribution in [1.29, 1.82) is 0 Å². The molecule has 1 fully saturated rings. The summed E-state index contributed by atoms with van der Waals surface area (Å²) in [5.41, 5.74) is 5.94. The highest BCUT2D eigenvalue weighted by Gasteiger charge is 2.27. The molecular formula is C15H30N4O2S. The van der Waals surface area contributed by atoms with Crippen LogP contribution in [0.2, 0.25) is 0 Å². The highest BCUT2D eigenvalue weighted by Crippen LogP contribution is 2.07. The Balaban J connectivity index is 2.39. The van der Waals surface area contributed by atoms with Crippen molar-refractivity contribution in [2.75, 3.05) is 57.8 Å². The van der Waals surface area contributed by atoms with Gasteiger partial charge in [0.15, 0.2) is 0 Å². The largest absolute Gasteiger partial charge is 0.338 e. The van der Waals surface area contributed by atoms with Crippen LogP contribution >= 0.6 is 11.8 Å². The SMILES string of the molecule is CCN(CC)CC(=O)N1CCN(C(=O)[C@@H](N)CCSC)CC1. The fourth-order valence-electron chi connectivity index (χ4n) is 2.52. The molecule has 0 saturated carbocycles. The molecule has 0 unspecified atom stereocenters. The van der Waals surface area contributed by atoms with E-state index in [1.54, 1.807) is 16.7 Å². The molecule has 0 bridgehead atoms. The minimum atomic E-state index is -0.412. The first-order valence-corrected chi connectivity index (χ1v) is 9.46. The first-order chi connectivity index (χ1) is 10.5. The zero-order chi connectivity index (χ0) is 16.5. The third-order valence-electron chi connectivity index (χ3n) is 4.15. The van der Waals surface area contributed by atoms with Crippen molar-refractivity contribution in [1.82, 2.24) is 14.7 Å². The van der Waals surface area contributed by atoms with Crippen LogP contribution in [0.15, 0.2) is 0 Å². The van der Waals surface area contributed by atoms with E-state index in [2.05, 4.69) is 18.7 Å². The van der Waals surface area contributed by atoms with Crippen LogP contribution in [0.4, 0.5) is 0 Å². The van der Waals surface area contributed by atoms with E-state index < -0.39 is 6.04 Å². The van der Waals surface area contributed by atoms with Crippen LogP contribution in [0.3, 0.4) is 0 Å². The predicted octanol–water partition coefficient (Wildman–Crippen LogP) is 0.0794. The van der Waals surface area contributed by atoms with Crippen molar-refractivity contribution in [3.05, 3.63) is 0 Å². The summed E-state index contributed by atoms with van der Waals surface area (Å²) in [6.45, 7) is 8.75. The fourth-order valence-corrected chi connectivity index (χ4v) is 3.01. The first kappa shape index (κ1) is 19.3. The van der Waals surface area contributed by atoms with E-state index in [4.69, 9.17) is 5.73 Å². The van der Waals surface area contributed by atoms with Crippen molar-refractivity contribution in [3.63, 3.8) is 0 Å². The maximum Gasteiger partial charge on any atom is 0.239 e. The molecule has 1 rings (SSSR count). The Kier molecular flexibility index (Phi) is 8.82. The van der Waals surface area contributed by atoms with E-state index >= 15 is 0 Å². The van der Waals surface area contributed by atoms with Gasteiger partial charge in [-0.2, -0.15) is 11.8 Å². The van der Waals surface area contributed by atoms with Gasteiger partial charge in [0, 0.05) is 26.2 Å². The van der Waals surface area contributed by atoms with Gasteiger partial charge in [0.05, 0.1) is 12.6 Å². The molecule has 0 aromatic rings. The Labute approximate surface area is 138 Å². The Morgan fingerprint density at radius 2 is 1.68 bits per heavy atom. The second-order valence-corrected chi connectivity index (χ2v) is 6.54. The van der Waals surface area contributed by atoms with E-state index in [1.165, 1.54) is 0 Å². The lowest BCUT2D eigenvalue weighted by Gasteiger charge is -2.36. The number of rotatable bonds is 8. The molecule has 0 aliphatic carbocycles. The highest BCUT2D eigenvalue weighted by molar-refractivity contribution is 7.98. The van der Waals surface area contributed by atoms with Crippen LogP contribution in [-0.4, -0.2) is 90.4 Å². The smallest absolute Gasteiger partial charge is 0.239 e. The summed E-state index contributed by atoms with van der Waals surface area (Å²) in [6, 6.07) is -0.412. The van der Waals surface area contributed by atoms with Gasteiger partial charge < -0.3 is 15.5 Å². The first-order valence-electron chi connectivity index (χ1n) is 8.06. The molecule has 7 heteroatoms. The molecule has 128 valence electrons. The number of thioether (sulfide) groups is 1. The Morgan fingerprint density at radius 1 is 1.14 bits per heavy atom. The van der Waals surface area contributed by atoms with E-state index in [0.717, 1.165) is 18.8 Å². The molecule has 1 aliphatic heterocycles. The molecule has 0 spiro atoms. The number of nitrogens with two attached hydrogens (primary N) is 1. The normalized spacial score (nSPS) is 17.0. The number of amides is 2. The summed E-state index contributed by atoms with van der Waals surface area (Å²) in [6.07, 6.45) is 2.72. The van der Waals surface area contributed by atoms with E-state index in [9.17, 15) is 9.59 Å². The van der Waals surface area contributed by atoms with Crippen molar-refractivity contribution < 1.29 is 9.59 Å². The number of carbonyl (C=O) groups is 2. The molecule has 1 saturated heterocycles. The Morgan fingerprint density at radius 3 is 2.18 bits per heavy atom. The van der Waals surface area contributed by atoms with Gasteiger partial charge in [-0.1, -0.05) is 13.8 Å². The number of hydrogen-bond donors (Lipinski definition) is 1. The van der Waals surface area contributed by atoms with Gasteiger partial charge in [0.25, 0.3) is 0 Å². The number of likely N-dealkylation sites (N-methyl/N-ethyl adjacent to an activating group) is 1. The molecule has 2 N–H and O–H groups in total. The summed E-state index contributed by atoms with van der Waals surface area (Å²) in [7, 11) is 0. The summed E-state index contributed by atoms with van der Waals surface area (Å²) in [4.78, 5) is 30.2. The molecular weight excluding hydrogens is 300 g/mol. The molecule has 22 heavy (non-hydrogen) atoms. The quantitative estimate of drug-likeness (QED) is 0.682. The average Bonchev–Trinajstić information content (AvgIpc) is 2.56. The average molecular weight is 330 g/mol. The lowest BCUT2D eigenvalue weighted by Crippen LogP contribution is -2.55. The number of nitrogens with zero attached hydrogens (tertiary/aromatic N) is 3. The van der Waals surface area contributed by atoms with Gasteiger partial charge in [0.1, 0.15) is 0 Å². The topological polar surface area (TPSA) is 69.9 Å². The molecule has 0 aromatic heterocycles. The third-order valence-corrected chi connectivity index (χ3v) is 4.79. The molecule has 1 atom stereocenters.